The van der Waals surface area contributed by atoms with Crippen molar-refractivity contribution in [2.75, 3.05) is 0 Å². The van der Waals surface area contributed by atoms with Crippen molar-refractivity contribution in [2.45, 2.75) is 19.6 Å². The van der Waals surface area contributed by atoms with Crippen LogP contribution in [0.15, 0.2) is 103 Å². The number of pyridine rings is 1. The molecular weight excluding hydrogens is 460 g/mol. The van der Waals surface area contributed by atoms with Crippen molar-refractivity contribution in [3.63, 3.8) is 0 Å². The molecule has 0 aliphatic heterocycles. The Hall–Kier alpha value is -5.09. The van der Waals surface area contributed by atoms with Gasteiger partial charge in [0.2, 0.25) is 5.91 Å². The summed E-state index contributed by atoms with van der Waals surface area (Å²) in [5, 5.41) is 18.5. The minimum Gasteiger partial charge on any atom is -0.327 e. The van der Waals surface area contributed by atoms with E-state index in [0.717, 1.165) is 27.7 Å². The quantitative estimate of drug-likeness (QED) is 0.290. The third-order valence-corrected chi connectivity index (χ3v) is 6.01. The van der Waals surface area contributed by atoms with E-state index in [1.165, 1.54) is 0 Å². The van der Waals surface area contributed by atoms with Crippen molar-refractivity contribution in [3.8, 4) is 6.07 Å². The van der Waals surface area contributed by atoms with Gasteiger partial charge in [0, 0.05) is 18.0 Å². The van der Waals surface area contributed by atoms with Gasteiger partial charge in [-0.05, 0) is 41.5 Å². The van der Waals surface area contributed by atoms with Gasteiger partial charge in [-0.2, -0.15) is 5.26 Å². The number of carbonyl (C=O) groups excluding carboxylic acids is 1. The number of fused-ring (bicyclic) bond motifs is 1. The Kier molecular flexibility index (Phi) is 7.09. The fraction of sp³-hybridized carbons (Fsp3) is 0.100. The lowest BCUT2D eigenvalue weighted by molar-refractivity contribution is -0.127. The molecule has 0 bridgehead atoms. The van der Waals surface area contributed by atoms with Gasteiger partial charge in [0.15, 0.2) is 5.82 Å². The van der Waals surface area contributed by atoms with E-state index in [2.05, 4.69) is 21.3 Å². The molecule has 180 valence electrons. The van der Waals surface area contributed by atoms with Crippen LogP contribution in [0.1, 0.15) is 28.2 Å². The average Bonchev–Trinajstić information content (AvgIpc) is 3.38. The first-order chi connectivity index (χ1) is 18.2. The molecule has 0 saturated carbocycles. The Labute approximate surface area is 215 Å². The molecule has 0 N–H and O–H groups in total. The minimum atomic E-state index is -0.147. The second-order valence-electron chi connectivity index (χ2n) is 8.63. The smallest absolute Gasteiger partial charge is 0.247 e. The third-order valence-electron chi connectivity index (χ3n) is 6.01. The van der Waals surface area contributed by atoms with E-state index in [1.807, 2.05) is 83.4 Å². The minimum absolute atomic E-state index is 0.147. The van der Waals surface area contributed by atoms with Crippen LogP contribution < -0.4 is 0 Å². The van der Waals surface area contributed by atoms with Crippen LogP contribution in [0.3, 0.4) is 0 Å². The van der Waals surface area contributed by atoms with Crippen molar-refractivity contribution in [1.29, 1.82) is 5.26 Å². The molecule has 0 fully saturated rings. The van der Waals surface area contributed by atoms with E-state index in [9.17, 15) is 4.79 Å². The number of nitrogens with zero attached hydrogens (tertiary/aromatic N) is 6. The van der Waals surface area contributed by atoms with E-state index in [0.29, 0.717) is 31.0 Å². The van der Waals surface area contributed by atoms with Gasteiger partial charge in [-0.3, -0.25) is 4.79 Å². The first kappa shape index (κ1) is 23.6. The zero-order valence-electron chi connectivity index (χ0n) is 20.1. The molecule has 0 aliphatic carbocycles. The number of nitriles is 1. The zero-order chi connectivity index (χ0) is 25.5. The molecule has 7 heteroatoms. The second-order valence-corrected chi connectivity index (χ2v) is 8.63. The number of amides is 1. The summed E-state index contributed by atoms with van der Waals surface area (Å²) in [7, 11) is 0. The van der Waals surface area contributed by atoms with E-state index in [1.54, 1.807) is 35.5 Å². The van der Waals surface area contributed by atoms with Gasteiger partial charge in [0.25, 0.3) is 0 Å². The third kappa shape index (κ3) is 5.95. The van der Waals surface area contributed by atoms with E-state index in [-0.39, 0.29) is 5.91 Å². The van der Waals surface area contributed by atoms with Gasteiger partial charge < -0.3 is 9.47 Å². The SMILES string of the molecule is N#Cc1ccc(Cn2cnnc2CN(Cc2ccccc2)C(=O)C=Cc2ccc3ccccc3n2)cc1. The number of benzene rings is 3. The van der Waals surface area contributed by atoms with Crippen LogP contribution in [0.5, 0.6) is 0 Å². The monoisotopic (exact) mass is 484 g/mol. The van der Waals surface area contributed by atoms with Crippen LogP contribution in [0.2, 0.25) is 0 Å². The molecule has 0 spiro atoms. The summed E-state index contributed by atoms with van der Waals surface area (Å²) in [4.78, 5) is 19.8. The lowest BCUT2D eigenvalue weighted by atomic mass is 10.1. The Morgan fingerprint density at radius 3 is 2.49 bits per heavy atom. The first-order valence-corrected chi connectivity index (χ1v) is 11.9. The van der Waals surface area contributed by atoms with Crippen molar-refractivity contribution in [2.24, 2.45) is 0 Å². The Bertz CT molecular complexity index is 1580. The van der Waals surface area contributed by atoms with Crippen LogP contribution >= 0.6 is 0 Å². The normalized spacial score (nSPS) is 11.0. The summed E-state index contributed by atoms with van der Waals surface area (Å²) in [6, 6.07) is 31.2. The Balaban J connectivity index is 1.36. The molecule has 0 aliphatic rings. The highest BCUT2D eigenvalue weighted by Gasteiger charge is 2.16. The summed E-state index contributed by atoms with van der Waals surface area (Å²) < 4.78 is 1.92. The Morgan fingerprint density at radius 1 is 0.892 bits per heavy atom. The standard InChI is InChI=1S/C30H24N6O/c31-18-23-10-12-25(13-11-23)20-36-22-32-34-29(36)21-35(19-24-6-2-1-3-7-24)30(37)17-16-27-15-14-26-8-4-5-9-28(26)33-27/h1-17,22H,19-21H2. The lowest BCUT2D eigenvalue weighted by Crippen LogP contribution is -2.30. The molecule has 5 rings (SSSR count). The van der Waals surface area contributed by atoms with Gasteiger partial charge in [-0.15, -0.1) is 10.2 Å². The molecule has 2 heterocycles. The van der Waals surface area contributed by atoms with Crippen LogP contribution in [-0.4, -0.2) is 30.6 Å². The van der Waals surface area contributed by atoms with Crippen LogP contribution in [0.4, 0.5) is 0 Å². The van der Waals surface area contributed by atoms with E-state index in [4.69, 9.17) is 5.26 Å². The molecule has 37 heavy (non-hydrogen) atoms. The number of hydrogen-bond acceptors (Lipinski definition) is 5. The maximum atomic E-state index is 13.4. The molecule has 2 aromatic heterocycles. The number of hydrogen-bond donors (Lipinski definition) is 0. The highest BCUT2D eigenvalue weighted by molar-refractivity contribution is 5.92. The van der Waals surface area contributed by atoms with Gasteiger partial charge in [0.05, 0.1) is 35.9 Å². The summed E-state index contributed by atoms with van der Waals surface area (Å²) in [6.07, 6.45) is 4.96. The fourth-order valence-electron chi connectivity index (χ4n) is 4.04. The zero-order valence-corrected chi connectivity index (χ0v) is 20.1. The van der Waals surface area contributed by atoms with Gasteiger partial charge >= 0.3 is 0 Å². The van der Waals surface area contributed by atoms with E-state index < -0.39 is 0 Å². The molecular formula is C30H24N6O. The predicted molar refractivity (Wildman–Crippen MR) is 142 cm³/mol. The molecule has 0 radical (unpaired) electrons. The number of aromatic nitrogens is 4. The highest BCUT2D eigenvalue weighted by atomic mass is 16.2. The summed E-state index contributed by atoms with van der Waals surface area (Å²) in [6.45, 7) is 1.26. The molecule has 0 unspecified atom stereocenters. The van der Waals surface area contributed by atoms with Crippen LogP contribution in [0.25, 0.3) is 17.0 Å². The topological polar surface area (TPSA) is 87.7 Å². The lowest BCUT2D eigenvalue weighted by Gasteiger charge is -2.21. The second kappa shape index (κ2) is 11.1. The van der Waals surface area contributed by atoms with Crippen LogP contribution in [0, 0.1) is 11.3 Å². The highest BCUT2D eigenvalue weighted by Crippen LogP contribution is 2.15. The maximum absolute atomic E-state index is 13.4. The van der Waals surface area contributed by atoms with Crippen molar-refractivity contribution in [1.82, 2.24) is 24.6 Å². The summed E-state index contributed by atoms with van der Waals surface area (Å²) >= 11 is 0. The summed E-state index contributed by atoms with van der Waals surface area (Å²) in [5.41, 5.74) is 4.25. The molecule has 0 saturated heterocycles. The maximum Gasteiger partial charge on any atom is 0.247 e. The van der Waals surface area contributed by atoms with Gasteiger partial charge in [0.1, 0.15) is 6.33 Å². The van der Waals surface area contributed by atoms with Crippen LogP contribution in [-0.2, 0) is 24.4 Å². The number of para-hydroxylation sites is 1. The predicted octanol–water partition coefficient (Wildman–Crippen LogP) is 4.99. The van der Waals surface area contributed by atoms with Crippen molar-refractivity contribution >= 4 is 22.9 Å². The summed E-state index contributed by atoms with van der Waals surface area (Å²) in [5.74, 6) is 0.526. The van der Waals surface area contributed by atoms with Crippen molar-refractivity contribution in [3.05, 3.63) is 132 Å². The van der Waals surface area contributed by atoms with Crippen molar-refractivity contribution < 1.29 is 4.79 Å². The number of rotatable bonds is 8. The molecule has 0 atom stereocenters. The Morgan fingerprint density at radius 2 is 1.68 bits per heavy atom. The fourth-order valence-corrected chi connectivity index (χ4v) is 4.04. The first-order valence-electron chi connectivity index (χ1n) is 11.9. The largest absolute Gasteiger partial charge is 0.327 e. The van der Waals surface area contributed by atoms with Gasteiger partial charge in [-0.25, -0.2) is 4.98 Å². The average molecular weight is 485 g/mol. The molecule has 1 amide bonds. The molecule has 3 aromatic carbocycles. The molecule has 5 aromatic rings. The molecule has 7 nitrogen and oxygen atoms in total. The number of carbonyl (C=O) groups is 1. The van der Waals surface area contributed by atoms with Gasteiger partial charge in [-0.1, -0.05) is 66.7 Å². The van der Waals surface area contributed by atoms with E-state index >= 15 is 0 Å².